The summed E-state index contributed by atoms with van der Waals surface area (Å²) in [4.78, 5) is 0. The fourth-order valence-electron chi connectivity index (χ4n) is 2.03. The van der Waals surface area contributed by atoms with E-state index in [9.17, 15) is 4.39 Å². The second-order valence-corrected chi connectivity index (χ2v) is 5.80. The Morgan fingerprint density at radius 1 is 1.19 bits per heavy atom. The van der Waals surface area contributed by atoms with E-state index in [0.29, 0.717) is 16.9 Å². The van der Waals surface area contributed by atoms with Crippen LogP contribution in [0.15, 0.2) is 53.1 Å². The first-order valence-corrected chi connectivity index (χ1v) is 7.28. The first-order chi connectivity index (χ1) is 10.0. The summed E-state index contributed by atoms with van der Waals surface area (Å²) in [5.74, 6) is -0.395. The van der Waals surface area contributed by atoms with Gasteiger partial charge in [-0.2, -0.15) is 5.10 Å². The average molecular weight is 367 g/mol. The number of rotatable bonds is 2. The Morgan fingerprint density at radius 3 is 2.71 bits per heavy atom. The van der Waals surface area contributed by atoms with Crippen LogP contribution in [0.1, 0.15) is 0 Å². The lowest BCUT2D eigenvalue weighted by Gasteiger charge is -2.03. The van der Waals surface area contributed by atoms with Crippen LogP contribution in [0.5, 0.6) is 0 Å². The van der Waals surface area contributed by atoms with E-state index in [4.69, 9.17) is 17.3 Å². The number of aromatic nitrogens is 2. The molecule has 0 aliphatic rings. The number of halogens is 3. The molecule has 0 radical (unpaired) electrons. The normalized spacial score (nSPS) is 10.8. The van der Waals surface area contributed by atoms with Gasteiger partial charge < -0.3 is 5.73 Å². The maximum atomic E-state index is 13.1. The molecular weight excluding hydrogens is 357 g/mol. The van der Waals surface area contributed by atoms with Crippen LogP contribution in [-0.2, 0) is 0 Å². The van der Waals surface area contributed by atoms with Crippen LogP contribution < -0.4 is 5.73 Å². The molecule has 0 atom stereocenters. The predicted octanol–water partition coefficient (Wildman–Crippen LogP) is 4.68. The number of anilines is 1. The summed E-state index contributed by atoms with van der Waals surface area (Å²) in [5, 5.41) is 4.72. The van der Waals surface area contributed by atoms with Gasteiger partial charge in [0.2, 0.25) is 0 Å². The van der Waals surface area contributed by atoms with Crippen LogP contribution in [-0.4, -0.2) is 9.78 Å². The lowest BCUT2D eigenvalue weighted by atomic mass is 10.1. The Bertz CT molecular complexity index is 816. The molecule has 3 nitrogen and oxygen atoms in total. The van der Waals surface area contributed by atoms with E-state index in [1.54, 1.807) is 16.9 Å². The maximum absolute atomic E-state index is 13.1. The number of nitrogens with two attached hydrogens (primary N) is 1. The van der Waals surface area contributed by atoms with Crippen LogP contribution in [0.4, 0.5) is 10.1 Å². The zero-order valence-electron chi connectivity index (χ0n) is 10.7. The molecule has 2 N–H and O–H groups in total. The fraction of sp³-hybridized carbons (Fsp3) is 0. The maximum Gasteiger partial charge on any atom is 0.124 e. The van der Waals surface area contributed by atoms with Gasteiger partial charge in [0, 0.05) is 10.0 Å². The van der Waals surface area contributed by atoms with Gasteiger partial charge in [0.05, 0.1) is 22.6 Å². The third-order valence-electron chi connectivity index (χ3n) is 3.00. The summed E-state index contributed by atoms with van der Waals surface area (Å²) in [6.07, 6.45) is 1.71. The van der Waals surface area contributed by atoms with Crippen molar-refractivity contribution in [3.05, 3.63) is 64.0 Å². The highest BCUT2D eigenvalue weighted by molar-refractivity contribution is 9.10. The highest BCUT2D eigenvalue weighted by Gasteiger charge is 2.13. The molecule has 0 aliphatic carbocycles. The minimum atomic E-state index is -0.395. The molecule has 3 rings (SSSR count). The summed E-state index contributed by atoms with van der Waals surface area (Å²) in [7, 11) is 0. The number of benzene rings is 2. The zero-order chi connectivity index (χ0) is 15.0. The molecule has 0 saturated carbocycles. The molecule has 0 unspecified atom stereocenters. The molecule has 0 bridgehead atoms. The van der Waals surface area contributed by atoms with E-state index in [0.717, 1.165) is 10.2 Å². The average Bonchev–Trinajstić information content (AvgIpc) is 2.81. The molecule has 0 saturated heterocycles. The highest BCUT2D eigenvalue weighted by atomic mass is 79.9. The Labute approximate surface area is 134 Å². The minimum Gasteiger partial charge on any atom is -0.396 e. The topological polar surface area (TPSA) is 43.8 Å². The predicted molar refractivity (Wildman–Crippen MR) is 86.1 cm³/mol. The molecule has 3 aromatic rings. The first kappa shape index (κ1) is 14.1. The quantitative estimate of drug-likeness (QED) is 0.716. The number of hydrogen-bond acceptors (Lipinski definition) is 2. The lowest BCUT2D eigenvalue weighted by Crippen LogP contribution is -1.94. The molecule has 106 valence electrons. The second kappa shape index (κ2) is 5.50. The standard InChI is InChI=1S/C15H10BrClFN3/c16-9-2-1-3-11(6-9)21-8-14(19)15(20-21)12-5-4-10(18)7-13(12)17/h1-8H,19H2. The molecule has 0 aliphatic heterocycles. The Hall–Kier alpha value is -1.85. The van der Waals surface area contributed by atoms with Gasteiger partial charge in [0.25, 0.3) is 0 Å². The van der Waals surface area contributed by atoms with Crippen LogP contribution in [0, 0.1) is 5.82 Å². The van der Waals surface area contributed by atoms with Crippen molar-refractivity contribution in [1.82, 2.24) is 9.78 Å². The smallest absolute Gasteiger partial charge is 0.124 e. The van der Waals surface area contributed by atoms with Crippen molar-refractivity contribution in [2.24, 2.45) is 0 Å². The van der Waals surface area contributed by atoms with Gasteiger partial charge in [-0.1, -0.05) is 33.6 Å². The van der Waals surface area contributed by atoms with Gasteiger partial charge in [-0.25, -0.2) is 9.07 Å². The van der Waals surface area contributed by atoms with E-state index in [1.165, 1.54) is 12.1 Å². The van der Waals surface area contributed by atoms with E-state index < -0.39 is 5.82 Å². The molecule has 0 amide bonds. The van der Waals surface area contributed by atoms with Crippen molar-refractivity contribution in [3.63, 3.8) is 0 Å². The van der Waals surface area contributed by atoms with Crippen LogP contribution >= 0.6 is 27.5 Å². The van der Waals surface area contributed by atoms with E-state index >= 15 is 0 Å². The van der Waals surface area contributed by atoms with Gasteiger partial charge >= 0.3 is 0 Å². The summed E-state index contributed by atoms with van der Waals surface area (Å²) >= 11 is 9.48. The lowest BCUT2D eigenvalue weighted by molar-refractivity contribution is 0.628. The van der Waals surface area contributed by atoms with Crippen molar-refractivity contribution in [2.75, 3.05) is 5.73 Å². The molecule has 0 spiro atoms. The second-order valence-electron chi connectivity index (χ2n) is 4.48. The largest absolute Gasteiger partial charge is 0.396 e. The Balaban J connectivity index is 2.10. The van der Waals surface area contributed by atoms with Crippen LogP contribution in [0.2, 0.25) is 5.02 Å². The molecule has 1 heterocycles. The third-order valence-corrected chi connectivity index (χ3v) is 3.81. The van der Waals surface area contributed by atoms with Gasteiger partial charge in [0.15, 0.2) is 0 Å². The van der Waals surface area contributed by atoms with Gasteiger partial charge in [0.1, 0.15) is 11.5 Å². The molecule has 2 aromatic carbocycles. The SMILES string of the molecule is Nc1cn(-c2cccc(Br)c2)nc1-c1ccc(F)cc1Cl. The van der Waals surface area contributed by atoms with Gasteiger partial charge in [-0.3, -0.25) is 0 Å². The van der Waals surface area contributed by atoms with Crippen molar-refractivity contribution in [3.8, 4) is 16.9 Å². The van der Waals surface area contributed by atoms with Gasteiger partial charge in [-0.15, -0.1) is 0 Å². The third kappa shape index (κ3) is 2.80. The summed E-state index contributed by atoms with van der Waals surface area (Å²) < 4.78 is 15.7. The van der Waals surface area contributed by atoms with E-state index in [1.807, 2.05) is 24.3 Å². The number of nitrogens with zero attached hydrogens (tertiary/aromatic N) is 2. The Kier molecular flexibility index (Phi) is 3.69. The summed E-state index contributed by atoms with van der Waals surface area (Å²) in [6.45, 7) is 0. The van der Waals surface area contributed by atoms with E-state index in [2.05, 4.69) is 21.0 Å². The monoisotopic (exact) mass is 365 g/mol. The van der Waals surface area contributed by atoms with Crippen molar-refractivity contribution >= 4 is 33.2 Å². The fourth-order valence-corrected chi connectivity index (χ4v) is 2.67. The molecular formula is C15H10BrClFN3. The minimum absolute atomic E-state index is 0.279. The number of nitrogen functional groups attached to an aromatic ring is 1. The van der Waals surface area contributed by atoms with Crippen molar-refractivity contribution < 1.29 is 4.39 Å². The van der Waals surface area contributed by atoms with E-state index in [-0.39, 0.29) is 5.02 Å². The molecule has 21 heavy (non-hydrogen) atoms. The molecule has 6 heteroatoms. The Morgan fingerprint density at radius 2 is 2.00 bits per heavy atom. The number of hydrogen-bond donors (Lipinski definition) is 1. The van der Waals surface area contributed by atoms with Crippen LogP contribution in [0.3, 0.4) is 0 Å². The molecule has 0 fully saturated rings. The summed E-state index contributed by atoms with van der Waals surface area (Å²) in [6, 6.07) is 11.8. The van der Waals surface area contributed by atoms with Crippen molar-refractivity contribution in [1.29, 1.82) is 0 Å². The van der Waals surface area contributed by atoms with Crippen LogP contribution in [0.25, 0.3) is 16.9 Å². The highest BCUT2D eigenvalue weighted by Crippen LogP contribution is 2.32. The van der Waals surface area contributed by atoms with Gasteiger partial charge in [-0.05, 0) is 36.4 Å². The van der Waals surface area contributed by atoms with Crippen molar-refractivity contribution in [2.45, 2.75) is 0 Å². The molecule has 1 aromatic heterocycles. The summed E-state index contributed by atoms with van der Waals surface area (Å²) in [5.41, 5.74) is 8.47. The first-order valence-electron chi connectivity index (χ1n) is 6.11. The zero-order valence-corrected chi connectivity index (χ0v) is 13.1.